The average molecular weight is 769 g/mol. The van der Waals surface area contributed by atoms with Crippen molar-refractivity contribution in [2.75, 3.05) is 66.1 Å². The third kappa shape index (κ3) is 27.2. The number of quaternary nitrogens is 2. The maximum atomic E-state index is 11.2. The molecule has 0 atom stereocenters. The van der Waals surface area contributed by atoms with E-state index in [1.807, 2.05) is 0 Å². The van der Waals surface area contributed by atoms with Gasteiger partial charge in [-0.3, -0.25) is 0 Å². The summed E-state index contributed by atoms with van der Waals surface area (Å²) in [6.45, 7) is 30.5. The number of hydrogen-bond donors (Lipinski definition) is 0. The Bertz CT molecular complexity index is 1150. The minimum atomic E-state index is -6.09. The van der Waals surface area contributed by atoms with Crippen LogP contribution in [0.5, 0.6) is 0 Å². The van der Waals surface area contributed by atoms with Crippen molar-refractivity contribution in [3.05, 3.63) is 24.3 Å². The fourth-order valence-corrected chi connectivity index (χ4v) is 3.98. The van der Waals surface area contributed by atoms with E-state index in [4.69, 9.17) is 35.4 Å². The van der Waals surface area contributed by atoms with Gasteiger partial charge in [-0.2, -0.15) is 26.3 Å². The summed E-state index contributed by atoms with van der Waals surface area (Å²) in [4.78, 5) is 22.3. The topological polar surface area (TPSA) is 167 Å². The van der Waals surface area contributed by atoms with Crippen molar-refractivity contribution in [2.45, 2.75) is 85.2 Å². The van der Waals surface area contributed by atoms with Crippen molar-refractivity contribution in [1.29, 1.82) is 0 Å². The smallest absolute Gasteiger partial charge is 0.485 e. The number of carbonyl (C=O) groups is 2. The molecule has 12 nitrogen and oxygen atoms in total. The van der Waals surface area contributed by atoms with Gasteiger partial charge < -0.3 is 27.5 Å². The molecule has 0 spiro atoms. The van der Waals surface area contributed by atoms with Gasteiger partial charge in [-0.15, -0.1) is 0 Å². The Hall–Kier alpha value is -2.26. The van der Waals surface area contributed by atoms with E-state index in [2.05, 4.69) is 54.8 Å². The molecule has 0 aromatic carbocycles. The minimum absolute atomic E-state index is 0.273. The summed E-state index contributed by atoms with van der Waals surface area (Å²) in [5.74, 6) is -0.548. The highest BCUT2D eigenvalue weighted by atomic mass is 32.2. The number of halogens is 6. The summed E-state index contributed by atoms with van der Waals surface area (Å²) in [7, 11) is -9.90. The Morgan fingerprint density at radius 1 is 0.633 bits per heavy atom. The first-order valence-corrected chi connectivity index (χ1v) is 18.2. The van der Waals surface area contributed by atoms with Crippen LogP contribution in [0.25, 0.3) is 0 Å². The molecular weight excluding hydrogens is 714 g/mol. The van der Waals surface area contributed by atoms with Crippen LogP contribution in [0, 0.1) is 0 Å². The van der Waals surface area contributed by atoms with E-state index in [0.717, 1.165) is 54.5 Å². The molecule has 20 heteroatoms. The molecule has 49 heavy (non-hydrogen) atoms. The van der Waals surface area contributed by atoms with E-state index < -0.39 is 31.3 Å². The van der Waals surface area contributed by atoms with E-state index in [0.29, 0.717) is 24.4 Å². The van der Waals surface area contributed by atoms with Gasteiger partial charge in [-0.05, 0) is 47.5 Å². The van der Waals surface area contributed by atoms with E-state index in [1.165, 1.54) is 25.9 Å². The summed E-state index contributed by atoms with van der Waals surface area (Å²) in [6.07, 6.45) is 4.24. The van der Waals surface area contributed by atoms with E-state index >= 15 is 0 Å². The van der Waals surface area contributed by atoms with Crippen molar-refractivity contribution in [3.63, 3.8) is 0 Å². The van der Waals surface area contributed by atoms with Gasteiger partial charge in [0.1, 0.15) is 0 Å². The first-order chi connectivity index (χ1) is 22.0. The Morgan fingerprint density at radius 3 is 1.10 bits per heavy atom. The standard InChI is InChI=1S/C14H28NO2.C13H26NO2.2CHF3O3S/c1-6-9-15(5,10-7-2)11-8-12-17-14(16)13(3)4;1-6-14(7-2,8-3)10-9-11-16-13(15)12(4)5;2*2-1(3,4)8(5,6)7/h3,6-12H2,1-2,4-5H3;4,6-11H2,1-3,5H3;2*(H,5,6,7)/q2*+1;;/p-2. The summed E-state index contributed by atoms with van der Waals surface area (Å²) in [6, 6.07) is 0. The molecule has 0 aliphatic carbocycles. The zero-order valence-electron chi connectivity index (χ0n) is 29.7. The molecule has 0 saturated carbocycles. The molecular formula is C29H54F6N2O10S2. The largest absolute Gasteiger partial charge is 0.741 e. The van der Waals surface area contributed by atoms with Gasteiger partial charge >= 0.3 is 23.0 Å². The molecule has 0 N–H and O–H groups in total. The van der Waals surface area contributed by atoms with Crippen LogP contribution < -0.4 is 0 Å². The first-order valence-electron chi connectivity index (χ1n) is 15.3. The van der Waals surface area contributed by atoms with Crippen LogP contribution in [0.1, 0.15) is 74.1 Å². The quantitative estimate of drug-likeness (QED) is 0.0363. The molecule has 0 fully saturated rings. The maximum Gasteiger partial charge on any atom is 0.485 e. The molecule has 0 aliphatic heterocycles. The highest BCUT2D eigenvalue weighted by Crippen LogP contribution is 2.21. The Morgan fingerprint density at radius 2 is 0.898 bits per heavy atom. The number of ether oxygens (including phenoxy) is 2. The van der Waals surface area contributed by atoms with Crippen molar-refractivity contribution in [1.82, 2.24) is 0 Å². The lowest BCUT2D eigenvalue weighted by Gasteiger charge is -2.35. The number of nitrogens with zero attached hydrogens (tertiary/aromatic N) is 2. The summed E-state index contributed by atoms with van der Waals surface area (Å²) < 4.78 is 130. The lowest BCUT2D eigenvalue weighted by atomic mass is 10.2. The van der Waals surface area contributed by atoms with Gasteiger partial charge in [0.05, 0.1) is 66.1 Å². The fraction of sp³-hybridized carbons (Fsp3) is 0.793. The molecule has 294 valence electrons. The van der Waals surface area contributed by atoms with Crippen LogP contribution in [-0.2, 0) is 39.3 Å². The zero-order valence-corrected chi connectivity index (χ0v) is 31.3. The SMILES string of the molecule is C=C(C)C(=O)OCCC[N+](C)(CCC)CCC.C=C(C)C(=O)OCCC[N+](CC)(CC)CC.O=S(=O)([O-])C(F)(F)F.O=S(=O)([O-])C(F)(F)F. The van der Waals surface area contributed by atoms with E-state index in [9.17, 15) is 35.9 Å². The second-order valence-electron chi connectivity index (χ2n) is 11.1. The van der Waals surface area contributed by atoms with E-state index in [1.54, 1.807) is 13.8 Å². The lowest BCUT2D eigenvalue weighted by molar-refractivity contribution is -0.923. The predicted molar refractivity (Wildman–Crippen MR) is 170 cm³/mol. The van der Waals surface area contributed by atoms with E-state index in [-0.39, 0.29) is 11.9 Å². The van der Waals surface area contributed by atoms with Crippen molar-refractivity contribution in [3.8, 4) is 0 Å². The van der Waals surface area contributed by atoms with Gasteiger partial charge in [-0.25, -0.2) is 26.4 Å². The predicted octanol–water partition coefficient (Wildman–Crippen LogP) is 5.24. The third-order valence-electron chi connectivity index (χ3n) is 6.89. The first kappa shape index (κ1) is 53.5. The Balaban J connectivity index is -0.000000292. The minimum Gasteiger partial charge on any atom is -0.741 e. The molecule has 0 heterocycles. The molecule has 0 amide bonds. The number of rotatable bonds is 17. The van der Waals surface area contributed by atoms with Gasteiger partial charge in [0.15, 0.2) is 20.2 Å². The van der Waals surface area contributed by atoms with Gasteiger partial charge in [0.25, 0.3) is 0 Å². The van der Waals surface area contributed by atoms with Gasteiger partial charge in [-0.1, -0.05) is 27.0 Å². The molecule has 0 unspecified atom stereocenters. The van der Waals surface area contributed by atoms with Crippen LogP contribution in [0.15, 0.2) is 24.3 Å². The average Bonchev–Trinajstić information content (AvgIpc) is 2.94. The molecule has 0 aliphatic rings. The molecule has 0 rings (SSSR count). The van der Waals surface area contributed by atoms with Gasteiger partial charge in [0.2, 0.25) is 0 Å². The summed E-state index contributed by atoms with van der Waals surface area (Å²) in [5, 5.41) is 0. The number of hydrogen-bond acceptors (Lipinski definition) is 10. The Labute approximate surface area is 287 Å². The molecule has 0 aromatic rings. The summed E-state index contributed by atoms with van der Waals surface area (Å²) >= 11 is 0. The van der Waals surface area contributed by atoms with Crippen molar-refractivity contribution >= 4 is 32.2 Å². The van der Waals surface area contributed by atoms with Crippen LogP contribution in [0.3, 0.4) is 0 Å². The molecule has 0 saturated heterocycles. The molecule has 0 aromatic heterocycles. The fourth-order valence-electron chi connectivity index (χ4n) is 3.98. The number of carbonyl (C=O) groups excluding carboxylic acids is 2. The normalized spacial score (nSPS) is 12.2. The zero-order chi connectivity index (χ0) is 39.9. The Kier molecular flexibility index (Phi) is 27.1. The van der Waals surface area contributed by atoms with Crippen LogP contribution in [0.2, 0.25) is 0 Å². The monoisotopic (exact) mass is 768 g/mol. The molecule has 0 bridgehead atoms. The number of esters is 2. The van der Waals surface area contributed by atoms with Crippen molar-refractivity contribution < 1.29 is 80.3 Å². The second-order valence-corrected chi connectivity index (χ2v) is 13.9. The van der Waals surface area contributed by atoms with Crippen LogP contribution in [0.4, 0.5) is 26.3 Å². The molecule has 0 radical (unpaired) electrons. The highest BCUT2D eigenvalue weighted by Gasteiger charge is 2.37. The van der Waals surface area contributed by atoms with Crippen LogP contribution >= 0.6 is 0 Å². The van der Waals surface area contributed by atoms with Crippen molar-refractivity contribution in [2.24, 2.45) is 0 Å². The lowest BCUT2D eigenvalue weighted by Crippen LogP contribution is -2.48. The van der Waals surface area contributed by atoms with Crippen LogP contribution in [-0.4, -0.2) is 124 Å². The summed E-state index contributed by atoms with van der Waals surface area (Å²) in [5.41, 5.74) is -10.3. The highest BCUT2D eigenvalue weighted by molar-refractivity contribution is 7.86. The second kappa shape index (κ2) is 24.8. The van der Waals surface area contributed by atoms with Gasteiger partial charge in [0, 0.05) is 24.0 Å². The number of alkyl halides is 6. The maximum absolute atomic E-state index is 11.2. The third-order valence-corrected chi connectivity index (χ3v) is 8.02.